The van der Waals surface area contributed by atoms with E-state index in [1.165, 1.54) is 4.88 Å². The van der Waals surface area contributed by atoms with Crippen molar-refractivity contribution >= 4 is 51.6 Å². The molecule has 1 saturated heterocycles. The van der Waals surface area contributed by atoms with Crippen molar-refractivity contribution in [3.63, 3.8) is 0 Å². The van der Waals surface area contributed by atoms with Crippen LogP contribution < -0.4 is 4.90 Å². The number of rotatable bonds is 5. The highest BCUT2D eigenvalue weighted by atomic mass is 35.5. The Morgan fingerprint density at radius 1 is 1.03 bits per heavy atom. The van der Waals surface area contributed by atoms with E-state index >= 15 is 0 Å². The minimum Gasteiger partial charge on any atom is -0.369 e. The third-order valence-electron chi connectivity index (χ3n) is 5.75. The first-order valence-electron chi connectivity index (χ1n) is 10.4. The summed E-state index contributed by atoms with van der Waals surface area (Å²) in [7, 11) is 0. The molecule has 0 saturated carbocycles. The second-order valence-corrected chi connectivity index (χ2v) is 10.1. The minimum absolute atomic E-state index is 0.00245. The number of nitrogens with zero attached hydrogens (tertiary/aromatic N) is 4. The van der Waals surface area contributed by atoms with Crippen LogP contribution in [0.1, 0.15) is 22.2 Å². The highest BCUT2D eigenvalue weighted by molar-refractivity contribution is 7.12. The van der Waals surface area contributed by atoms with Crippen molar-refractivity contribution in [2.45, 2.75) is 12.5 Å². The van der Waals surface area contributed by atoms with Crippen LogP contribution in [-0.4, -0.2) is 54.3 Å². The van der Waals surface area contributed by atoms with Crippen molar-refractivity contribution < 1.29 is 4.79 Å². The third kappa shape index (κ3) is 4.55. The van der Waals surface area contributed by atoms with Gasteiger partial charge in [0.1, 0.15) is 0 Å². The van der Waals surface area contributed by atoms with Crippen molar-refractivity contribution in [3.05, 3.63) is 74.1 Å². The van der Waals surface area contributed by atoms with Gasteiger partial charge in [-0.2, -0.15) is 5.10 Å². The summed E-state index contributed by atoms with van der Waals surface area (Å²) in [6.45, 7) is 3.85. The molecule has 160 valence electrons. The molecule has 5 rings (SSSR count). The van der Waals surface area contributed by atoms with Crippen LogP contribution in [0.4, 0.5) is 5.69 Å². The number of hydrogen-bond acceptors (Lipinski definition) is 6. The van der Waals surface area contributed by atoms with Crippen LogP contribution >= 0.6 is 34.3 Å². The van der Waals surface area contributed by atoms with Gasteiger partial charge in [0.05, 0.1) is 23.2 Å². The van der Waals surface area contributed by atoms with E-state index in [-0.39, 0.29) is 11.9 Å². The maximum Gasteiger partial charge on any atom is 0.257 e. The molecule has 3 aromatic rings. The summed E-state index contributed by atoms with van der Waals surface area (Å²) in [5.74, 6) is 0.0705. The summed E-state index contributed by atoms with van der Waals surface area (Å²) in [6, 6.07) is 16.2. The first-order valence-corrected chi connectivity index (χ1v) is 12.5. The van der Waals surface area contributed by atoms with E-state index < -0.39 is 0 Å². The Morgan fingerprint density at radius 2 is 1.84 bits per heavy atom. The Morgan fingerprint density at radius 3 is 2.55 bits per heavy atom. The highest BCUT2D eigenvalue weighted by Crippen LogP contribution is 2.36. The fourth-order valence-electron chi connectivity index (χ4n) is 4.14. The lowest BCUT2D eigenvalue weighted by Gasteiger charge is -2.36. The number of anilines is 1. The number of hydrogen-bond donors (Lipinski definition) is 0. The van der Waals surface area contributed by atoms with Crippen LogP contribution in [0, 0.1) is 0 Å². The van der Waals surface area contributed by atoms with Gasteiger partial charge in [-0.25, -0.2) is 5.01 Å². The zero-order chi connectivity index (χ0) is 21.2. The molecule has 1 unspecified atom stereocenters. The molecule has 1 amide bonds. The van der Waals surface area contributed by atoms with Gasteiger partial charge in [0.2, 0.25) is 0 Å². The lowest BCUT2D eigenvalue weighted by atomic mass is 10.1. The van der Waals surface area contributed by atoms with Crippen molar-refractivity contribution in [2.75, 3.05) is 37.6 Å². The molecule has 1 atom stereocenters. The maximum atomic E-state index is 13.3. The molecule has 2 aliphatic heterocycles. The van der Waals surface area contributed by atoms with Crippen LogP contribution in [0.3, 0.4) is 0 Å². The summed E-state index contributed by atoms with van der Waals surface area (Å²) < 4.78 is 0. The number of benzene rings is 1. The monoisotopic (exact) mass is 470 g/mol. The molecule has 8 heteroatoms. The Labute approximate surface area is 195 Å². The van der Waals surface area contributed by atoms with Gasteiger partial charge in [0.25, 0.3) is 5.91 Å². The van der Waals surface area contributed by atoms with Gasteiger partial charge in [-0.3, -0.25) is 9.69 Å². The Hall–Kier alpha value is -2.19. The van der Waals surface area contributed by atoms with Gasteiger partial charge in [-0.1, -0.05) is 29.8 Å². The Balaban J connectivity index is 1.25. The maximum absolute atomic E-state index is 13.3. The molecule has 0 bridgehead atoms. The number of amides is 1. The molecule has 1 aromatic carbocycles. The van der Waals surface area contributed by atoms with Crippen LogP contribution in [0.15, 0.2) is 64.4 Å². The number of carbonyl (C=O) groups excluding carboxylic acids is 1. The Kier molecular flexibility index (Phi) is 6.09. The first kappa shape index (κ1) is 20.7. The summed E-state index contributed by atoms with van der Waals surface area (Å²) >= 11 is 9.51. The number of halogens is 1. The van der Waals surface area contributed by atoms with Gasteiger partial charge >= 0.3 is 0 Å². The molecule has 0 spiro atoms. The minimum atomic E-state index is -0.00245. The number of thiophene rings is 2. The molecule has 5 nitrogen and oxygen atoms in total. The van der Waals surface area contributed by atoms with E-state index in [2.05, 4.69) is 38.8 Å². The van der Waals surface area contributed by atoms with E-state index in [9.17, 15) is 4.79 Å². The summed E-state index contributed by atoms with van der Waals surface area (Å²) in [5.41, 5.74) is 2.15. The van der Waals surface area contributed by atoms with Crippen LogP contribution in [0.5, 0.6) is 0 Å². The molecule has 0 N–H and O–H groups in total. The second kappa shape index (κ2) is 9.12. The van der Waals surface area contributed by atoms with Crippen LogP contribution in [-0.2, 0) is 4.79 Å². The largest absolute Gasteiger partial charge is 0.369 e. The third-order valence-corrected chi connectivity index (χ3v) is 7.88. The molecule has 2 aliphatic rings. The molecule has 2 aromatic heterocycles. The average Bonchev–Trinajstić information content (AvgIpc) is 3.55. The Bertz CT molecular complexity index is 1060. The topological polar surface area (TPSA) is 39.2 Å². The van der Waals surface area contributed by atoms with Crippen LogP contribution in [0.25, 0.3) is 0 Å². The van der Waals surface area contributed by atoms with Crippen molar-refractivity contribution in [3.8, 4) is 0 Å². The summed E-state index contributed by atoms with van der Waals surface area (Å²) in [4.78, 5) is 20.2. The van der Waals surface area contributed by atoms with Gasteiger partial charge in [-0.05, 0) is 41.1 Å². The molecule has 4 heterocycles. The lowest BCUT2D eigenvalue weighted by molar-refractivity contribution is -0.134. The van der Waals surface area contributed by atoms with Gasteiger partial charge in [0, 0.05) is 48.2 Å². The molecule has 0 radical (unpaired) electrons. The molecule has 0 aliphatic carbocycles. The van der Waals surface area contributed by atoms with Crippen LogP contribution in [0.2, 0.25) is 5.02 Å². The smallest absolute Gasteiger partial charge is 0.257 e. The first-order chi connectivity index (χ1) is 15.2. The normalized spacial score (nSPS) is 19.6. The predicted molar refractivity (Wildman–Crippen MR) is 129 cm³/mol. The van der Waals surface area contributed by atoms with E-state index in [0.717, 1.165) is 53.9 Å². The SMILES string of the molecule is O=C(CN1CCN(c2cccc(Cl)c2)CC1)N1N=C(c2cccs2)CC1c1cccs1. The quantitative estimate of drug-likeness (QED) is 0.529. The zero-order valence-electron chi connectivity index (χ0n) is 17.0. The standard InChI is InChI=1S/C23H23ClN4OS2/c24-17-4-1-5-18(14-17)27-10-8-26(9-11-27)16-23(29)28-20(22-7-3-13-31-22)15-19(25-28)21-6-2-12-30-21/h1-7,12-14,20H,8-11,15-16H2. The fraction of sp³-hybridized carbons (Fsp3) is 0.304. The van der Waals surface area contributed by atoms with E-state index in [1.54, 1.807) is 27.7 Å². The summed E-state index contributed by atoms with van der Waals surface area (Å²) in [6.07, 6.45) is 0.773. The molecule has 1 fully saturated rings. The van der Waals surface area contributed by atoms with Gasteiger partial charge < -0.3 is 4.90 Å². The van der Waals surface area contributed by atoms with Crippen molar-refractivity contribution in [1.82, 2.24) is 9.91 Å². The molecular formula is C23H23ClN4OS2. The average molecular weight is 471 g/mol. The van der Waals surface area contributed by atoms with E-state index in [4.69, 9.17) is 16.7 Å². The molecular weight excluding hydrogens is 448 g/mol. The van der Waals surface area contributed by atoms with Gasteiger partial charge in [0.15, 0.2) is 0 Å². The van der Waals surface area contributed by atoms with E-state index in [0.29, 0.717) is 6.54 Å². The number of piperazine rings is 1. The number of hydrazone groups is 1. The van der Waals surface area contributed by atoms with Crippen molar-refractivity contribution in [1.29, 1.82) is 0 Å². The molecule has 31 heavy (non-hydrogen) atoms. The highest BCUT2D eigenvalue weighted by Gasteiger charge is 2.35. The number of carbonyl (C=O) groups is 1. The predicted octanol–water partition coefficient (Wildman–Crippen LogP) is 4.96. The van der Waals surface area contributed by atoms with Gasteiger partial charge in [-0.15, -0.1) is 22.7 Å². The zero-order valence-corrected chi connectivity index (χ0v) is 19.4. The fourth-order valence-corrected chi connectivity index (χ4v) is 5.85. The van der Waals surface area contributed by atoms with E-state index in [1.807, 2.05) is 30.3 Å². The lowest BCUT2D eigenvalue weighted by Crippen LogP contribution is -2.49. The summed E-state index contributed by atoms with van der Waals surface area (Å²) in [5, 5.41) is 11.4. The second-order valence-electron chi connectivity index (χ2n) is 7.74. The van der Waals surface area contributed by atoms with Crippen molar-refractivity contribution in [2.24, 2.45) is 5.10 Å².